The molecule has 2 rings (SSSR count). The molecule has 1 amide bonds. The Balaban J connectivity index is 1.89. The normalized spacial score (nSPS) is 19.1. The van der Waals surface area contributed by atoms with Gasteiger partial charge in [0, 0.05) is 26.3 Å². The van der Waals surface area contributed by atoms with Crippen molar-refractivity contribution in [3.63, 3.8) is 0 Å². The minimum atomic E-state index is -0.581. The average Bonchev–Trinajstić information content (AvgIpc) is 2.87. The van der Waals surface area contributed by atoms with Crippen LogP contribution in [0.3, 0.4) is 0 Å². The third kappa shape index (κ3) is 6.51. The lowest BCUT2D eigenvalue weighted by molar-refractivity contribution is -0.128. The van der Waals surface area contributed by atoms with Gasteiger partial charge in [-0.1, -0.05) is 31.9 Å². The maximum Gasteiger partial charge on any atom is 0.233 e. The van der Waals surface area contributed by atoms with E-state index < -0.39 is 5.60 Å². The van der Waals surface area contributed by atoms with Crippen LogP contribution < -0.4 is 4.90 Å². The van der Waals surface area contributed by atoms with E-state index in [1.807, 2.05) is 32.8 Å². The molecular formula is C21H34N2O2S. The molecule has 5 heteroatoms. The molecule has 26 heavy (non-hydrogen) atoms. The highest BCUT2D eigenvalue weighted by molar-refractivity contribution is 8.00. The van der Waals surface area contributed by atoms with Gasteiger partial charge in [0.2, 0.25) is 5.91 Å². The fraction of sp³-hybridized carbons (Fsp3) is 0.667. The summed E-state index contributed by atoms with van der Waals surface area (Å²) in [5, 5.41) is 10.1. The van der Waals surface area contributed by atoms with E-state index in [0.717, 1.165) is 25.7 Å². The van der Waals surface area contributed by atoms with Crippen LogP contribution in [0, 0.1) is 5.92 Å². The van der Waals surface area contributed by atoms with Crippen molar-refractivity contribution in [3.05, 3.63) is 29.8 Å². The number of amides is 1. The molecule has 1 heterocycles. The first-order chi connectivity index (χ1) is 12.2. The largest absolute Gasteiger partial charge is 0.390 e. The van der Waals surface area contributed by atoms with E-state index in [0.29, 0.717) is 18.2 Å². The van der Waals surface area contributed by atoms with Crippen molar-refractivity contribution in [2.45, 2.75) is 64.0 Å². The van der Waals surface area contributed by atoms with Gasteiger partial charge >= 0.3 is 0 Å². The maximum absolute atomic E-state index is 12.4. The third-order valence-electron chi connectivity index (χ3n) is 4.96. The summed E-state index contributed by atoms with van der Waals surface area (Å²) in [6, 6.07) is 8.46. The van der Waals surface area contributed by atoms with Gasteiger partial charge in [0.1, 0.15) is 0 Å². The second kappa shape index (κ2) is 9.14. The lowest BCUT2D eigenvalue weighted by Gasteiger charge is -2.27. The number of anilines is 1. The number of carbonyl (C=O) groups excluding carboxylic acids is 1. The molecule has 0 bridgehead atoms. The van der Waals surface area contributed by atoms with Gasteiger partial charge in [-0.15, -0.1) is 11.8 Å². The predicted octanol–water partition coefficient (Wildman–Crippen LogP) is 4.12. The molecule has 1 N–H and O–H groups in total. The molecule has 1 aromatic carbocycles. The van der Waals surface area contributed by atoms with Crippen LogP contribution in [-0.2, 0) is 11.3 Å². The molecule has 0 aromatic heterocycles. The van der Waals surface area contributed by atoms with Gasteiger partial charge in [-0.2, -0.15) is 0 Å². The zero-order valence-electron chi connectivity index (χ0n) is 16.9. The lowest BCUT2D eigenvalue weighted by Crippen LogP contribution is -2.33. The van der Waals surface area contributed by atoms with Crippen LogP contribution in [0.15, 0.2) is 24.3 Å². The number of carbonyl (C=O) groups is 1. The van der Waals surface area contributed by atoms with Gasteiger partial charge in [0.05, 0.1) is 16.7 Å². The van der Waals surface area contributed by atoms with E-state index in [9.17, 15) is 9.90 Å². The zero-order valence-corrected chi connectivity index (χ0v) is 17.7. The minimum absolute atomic E-state index is 0.250. The highest BCUT2D eigenvalue weighted by atomic mass is 32.2. The summed E-state index contributed by atoms with van der Waals surface area (Å²) in [5.41, 5.74) is 1.78. The average molecular weight is 379 g/mol. The fourth-order valence-electron chi connectivity index (χ4n) is 3.33. The second-order valence-corrected chi connectivity index (χ2v) is 9.56. The van der Waals surface area contributed by atoms with Gasteiger partial charge in [-0.25, -0.2) is 0 Å². The molecule has 1 aromatic rings. The third-order valence-corrected chi connectivity index (χ3v) is 6.21. The SMILES string of the molecule is CC(CCCC(C)(C)O)CC1SCC(=O)N1Cc1ccc(N(C)C)cc1. The Kier molecular flexibility index (Phi) is 7.42. The van der Waals surface area contributed by atoms with Gasteiger partial charge in [-0.3, -0.25) is 4.79 Å². The Bertz CT molecular complexity index is 581. The number of hydrogen-bond donors (Lipinski definition) is 1. The van der Waals surface area contributed by atoms with Crippen molar-refractivity contribution in [1.29, 1.82) is 0 Å². The predicted molar refractivity (Wildman–Crippen MR) is 111 cm³/mol. The molecule has 0 spiro atoms. The Morgan fingerprint density at radius 2 is 1.96 bits per heavy atom. The van der Waals surface area contributed by atoms with Gasteiger partial charge in [0.15, 0.2) is 0 Å². The molecule has 146 valence electrons. The molecular weight excluding hydrogens is 344 g/mol. The molecule has 1 aliphatic rings. The number of benzene rings is 1. The van der Waals surface area contributed by atoms with Crippen molar-refractivity contribution < 1.29 is 9.90 Å². The number of aliphatic hydroxyl groups is 1. The summed E-state index contributed by atoms with van der Waals surface area (Å²) < 4.78 is 0. The van der Waals surface area contributed by atoms with Crippen LogP contribution in [0.5, 0.6) is 0 Å². The number of nitrogens with zero attached hydrogens (tertiary/aromatic N) is 2. The molecule has 1 fully saturated rings. The first-order valence-electron chi connectivity index (χ1n) is 9.55. The Labute approximate surface area is 162 Å². The zero-order chi connectivity index (χ0) is 19.3. The maximum atomic E-state index is 12.4. The van der Waals surface area contributed by atoms with Crippen LogP contribution in [0.4, 0.5) is 5.69 Å². The van der Waals surface area contributed by atoms with Crippen LogP contribution >= 0.6 is 11.8 Å². The van der Waals surface area contributed by atoms with Gasteiger partial charge in [-0.05, 0) is 50.3 Å². The fourth-order valence-corrected chi connectivity index (χ4v) is 4.67. The van der Waals surface area contributed by atoms with Crippen molar-refractivity contribution in [1.82, 2.24) is 4.90 Å². The molecule has 1 saturated heterocycles. The smallest absolute Gasteiger partial charge is 0.233 e. The van der Waals surface area contributed by atoms with E-state index in [1.165, 1.54) is 11.3 Å². The van der Waals surface area contributed by atoms with E-state index in [1.54, 1.807) is 11.8 Å². The highest BCUT2D eigenvalue weighted by Gasteiger charge is 2.32. The van der Waals surface area contributed by atoms with Gasteiger partial charge in [0.25, 0.3) is 0 Å². The van der Waals surface area contributed by atoms with Crippen LogP contribution in [0.25, 0.3) is 0 Å². The first kappa shape index (κ1) is 21.1. The number of thioether (sulfide) groups is 1. The molecule has 2 unspecified atom stereocenters. The van der Waals surface area contributed by atoms with Crippen LogP contribution in [0.2, 0.25) is 0 Å². The summed E-state index contributed by atoms with van der Waals surface area (Å²) in [6.07, 6.45) is 3.98. The summed E-state index contributed by atoms with van der Waals surface area (Å²) in [6.45, 7) is 6.69. The summed E-state index contributed by atoms with van der Waals surface area (Å²) in [7, 11) is 4.07. The van der Waals surface area contributed by atoms with Crippen molar-refractivity contribution in [2.75, 3.05) is 24.7 Å². The van der Waals surface area contributed by atoms with Crippen molar-refractivity contribution in [2.24, 2.45) is 5.92 Å². The summed E-state index contributed by atoms with van der Waals surface area (Å²) in [5.74, 6) is 1.40. The number of hydrogen-bond acceptors (Lipinski definition) is 4. The first-order valence-corrected chi connectivity index (χ1v) is 10.6. The Hall–Kier alpha value is -1.20. The summed E-state index contributed by atoms with van der Waals surface area (Å²) >= 11 is 1.77. The quantitative estimate of drug-likeness (QED) is 0.702. The van der Waals surface area contributed by atoms with Crippen LogP contribution in [0.1, 0.15) is 52.0 Å². The molecule has 0 saturated carbocycles. The Morgan fingerprint density at radius 3 is 2.54 bits per heavy atom. The molecule has 4 nitrogen and oxygen atoms in total. The van der Waals surface area contributed by atoms with E-state index in [-0.39, 0.29) is 11.3 Å². The van der Waals surface area contributed by atoms with Gasteiger partial charge < -0.3 is 14.9 Å². The second-order valence-electron chi connectivity index (χ2n) is 8.39. The molecule has 2 atom stereocenters. The Morgan fingerprint density at radius 1 is 1.31 bits per heavy atom. The van der Waals surface area contributed by atoms with Crippen LogP contribution in [-0.4, -0.2) is 46.7 Å². The standard InChI is InChI=1S/C21H34N2O2S/c1-16(7-6-12-21(2,3)25)13-20-23(19(24)15-26-20)14-17-8-10-18(11-9-17)22(4)5/h8-11,16,20,25H,6-7,12-15H2,1-5H3. The minimum Gasteiger partial charge on any atom is -0.390 e. The van der Waals surface area contributed by atoms with E-state index >= 15 is 0 Å². The van der Waals surface area contributed by atoms with E-state index in [4.69, 9.17) is 0 Å². The molecule has 1 aliphatic heterocycles. The topological polar surface area (TPSA) is 43.8 Å². The highest BCUT2D eigenvalue weighted by Crippen LogP contribution is 2.33. The molecule has 0 radical (unpaired) electrons. The van der Waals surface area contributed by atoms with E-state index in [2.05, 4.69) is 36.1 Å². The summed E-state index contributed by atoms with van der Waals surface area (Å²) in [4.78, 5) is 16.5. The monoisotopic (exact) mass is 378 g/mol. The molecule has 0 aliphatic carbocycles. The van der Waals surface area contributed by atoms with Crippen molar-refractivity contribution >= 4 is 23.4 Å². The van der Waals surface area contributed by atoms with Crippen molar-refractivity contribution in [3.8, 4) is 0 Å². The number of rotatable bonds is 9. The lowest BCUT2D eigenvalue weighted by atomic mass is 9.95.